The number of aryl methyl sites for hydroxylation is 1. The van der Waals surface area contributed by atoms with E-state index >= 15 is 0 Å². The zero-order valence-corrected chi connectivity index (χ0v) is 24.6. The second-order valence-corrected chi connectivity index (χ2v) is 1.87. The van der Waals surface area contributed by atoms with Crippen molar-refractivity contribution in [2.45, 2.75) is 6.92 Å². The summed E-state index contributed by atoms with van der Waals surface area (Å²) in [7, 11) is 0. The van der Waals surface area contributed by atoms with E-state index < -0.39 is 0 Å². The molecule has 12 heavy (non-hydrogen) atoms. The van der Waals surface area contributed by atoms with Crippen LogP contribution in [0.15, 0.2) is 0 Å². The molecule has 0 saturated carbocycles. The number of aromatic nitrogens is 2. The van der Waals surface area contributed by atoms with Crippen LogP contribution in [0.2, 0.25) is 0 Å². The Hall–Kier alpha value is 6.18. The minimum absolute atomic E-state index is 0. The molecule has 0 bridgehead atoms. The fourth-order valence-electron chi connectivity index (χ4n) is 0.198. The van der Waals surface area contributed by atoms with E-state index in [1.165, 1.54) is 11.5 Å². The van der Waals surface area contributed by atoms with Crippen molar-refractivity contribution in [3.8, 4) is 0 Å². The first-order valence-corrected chi connectivity index (χ1v) is 2.33. The third-order valence-electron chi connectivity index (χ3n) is 0.426. The quantitative estimate of drug-likeness (QED) is 0.393. The molecule has 9 heteroatoms. The van der Waals surface area contributed by atoms with Gasteiger partial charge >= 0.3 is 0 Å². The molecule has 0 aliphatic carbocycles. The van der Waals surface area contributed by atoms with Gasteiger partial charge in [0.2, 0.25) is 0 Å². The Bertz CT molecular complexity index is 124. The maximum Gasteiger partial charge on any atom is 0 e. The fourth-order valence-corrected chi connectivity index (χ4v) is 0.493. The summed E-state index contributed by atoms with van der Waals surface area (Å²) in [5, 5.41) is 0.968. The van der Waals surface area contributed by atoms with Gasteiger partial charge in [-0.15, -0.1) is 11.5 Å². The molecule has 0 N–H and O–H groups in total. The van der Waals surface area contributed by atoms with Gasteiger partial charge in [0.05, 0.1) is 0 Å². The van der Waals surface area contributed by atoms with Gasteiger partial charge in [0, 0.05) is 196 Å². The van der Waals surface area contributed by atoms with Crippen molar-refractivity contribution in [3.63, 3.8) is 0 Å². The van der Waals surface area contributed by atoms with Gasteiger partial charge in [-0.1, -0.05) is 6.92 Å². The summed E-state index contributed by atoms with van der Waals surface area (Å²) in [6.07, 6.45) is 2.45. The summed E-state index contributed by atoms with van der Waals surface area (Å²) in [5.41, 5.74) is 0. The zero-order chi connectivity index (χ0) is 4.41. The van der Waals surface area contributed by atoms with Gasteiger partial charge < -0.3 is 9.36 Å². The molecule has 0 atom stereocenters. The number of nitrogens with zero attached hydrogens (tertiary/aromatic N) is 2. The first-order chi connectivity index (χ1) is 2.89. The predicted molar refractivity (Wildman–Crippen MR) is 23.5 cm³/mol. The van der Waals surface area contributed by atoms with Crippen LogP contribution in [0, 0.1) is 13.3 Å². The summed E-state index contributed by atoms with van der Waals surface area (Å²) >= 11 is 1.36. The second kappa shape index (κ2) is 25.9. The van der Waals surface area contributed by atoms with Crippen LogP contribution in [0.5, 0.6) is 0 Å². The molecule has 6 radical (unpaired) electrons. The van der Waals surface area contributed by atoms with Crippen molar-refractivity contribution in [2.24, 2.45) is 0 Å². The summed E-state index contributed by atoms with van der Waals surface area (Å²) in [6.45, 7) is 1.90. The van der Waals surface area contributed by atoms with Crippen LogP contribution in [-0.2, 0) is 196 Å². The summed E-state index contributed by atoms with van der Waals surface area (Å²) < 4.78 is 3.63. The molecule has 1 aromatic rings. The van der Waals surface area contributed by atoms with Gasteiger partial charge in [0.15, 0.2) is 0 Å². The molecule has 0 unspecified atom stereocenters. The van der Waals surface area contributed by atoms with Crippen LogP contribution < -0.4 is 0 Å². The van der Waals surface area contributed by atoms with Gasteiger partial charge in [-0.05, 0) is 11.3 Å². The van der Waals surface area contributed by atoms with Gasteiger partial charge in [0.1, 0.15) is 0 Å². The molecule has 0 saturated heterocycles. The molecular formula is C3H3N2SY6-. The van der Waals surface area contributed by atoms with Gasteiger partial charge in [-0.25, -0.2) is 0 Å². The first-order valence-electron chi connectivity index (χ1n) is 1.56. The maximum atomic E-state index is 3.70. The van der Waals surface area contributed by atoms with E-state index in [1.54, 1.807) is 0 Å². The molecular weight excluding hydrogens is 630 g/mol. The minimum Gasteiger partial charge on any atom is -0.424 e. The van der Waals surface area contributed by atoms with E-state index in [-0.39, 0.29) is 196 Å². The Morgan fingerprint density at radius 2 is 1.42 bits per heavy atom. The second-order valence-electron chi connectivity index (χ2n) is 0.913. The van der Waals surface area contributed by atoms with Crippen LogP contribution in [0.1, 0.15) is 5.01 Å². The molecule has 1 rings (SSSR count). The molecule has 50 valence electrons. The van der Waals surface area contributed by atoms with E-state index in [9.17, 15) is 0 Å². The van der Waals surface area contributed by atoms with E-state index in [4.69, 9.17) is 0 Å². The van der Waals surface area contributed by atoms with Crippen molar-refractivity contribution in [2.75, 3.05) is 0 Å². The third-order valence-corrected chi connectivity index (χ3v) is 0.954. The average molecular weight is 633 g/mol. The van der Waals surface area contributed by atoms with E-state index in [1.807, 2.05) is 6.92 Å². The van der Waals surface area contributed by atoms with Crippen molar-refractivity contribution < 1.29 is 196 Å². The van der Waals surface area contributed by atoms with E-state index in [0.717, 1.165) is 5.01 Å². The van der Waals surface area contributed by atoms with Crippen LogP contribution in [0.25, 0.3) is 0 Å². The average Bonchev–Trinajstić information content (AvgIpc) is 1.86. The third kappa shape index (κ3) is 21.5. The largest absolute Gasteiger partial charge is 0.424 e. The number of hydrogen-bond donors (Lipinski definition) is 0. The predicted octanol–water partition coefficient (Wildman–Crippen LogP) is 0.632. The molecule has 0 spiro atoms. The Labute approximate surface area is 228 Å². The Morgan fingerprint density at radius 3 is 1.50 bits per heavy atom. The molecule has 0 amide bonds. The Balaban J connectivity index is -0.0000000150. The normalized spacial score (nSPS) is 4.42. The van der Waals surface area contributed by atoms with Gasteiger partial charge in [0.25, 0.3) is 0 Å². The van der Waals surface area contributed by atoms with Crippen molar-refractivity contribution >= 4 is 11.5 Å². The summed E-state index contributed by atoms with van der Waals surface area (Å²) in [4.78, 5) is 3.70. The van der Waals surface area contributed by atoms with Gasteiger partial charge in [-0.2, -0.15) is 0 Å². The maximum absolute atomic E-state index is 3.70. The Morgan fingerprint density at radius 1 is 1.00 bits per heavy atom. The van der Waals surface area contributed by atoms with E-state index in [2.05, 4.69) is 15.7 Å². The van der Waals surface area contributed by atoms with Crippen molar-refractivity contribution in [3.05, 3.63) is 11.3 Å². The molecule has 1 aromatic heterocycles. The zero-order valence-electron chi connectivity index (χ0n) is 6.77. The molecule has 0 aliphatic rings. The summed E-state index contributed by atoms with van der Waals surface area (Å²) in [5.74, 6) is 0. The molecule has 0 aliphatic heterocycles. The smallest absolute Gasteiger partial charge is 0 e. The first kappa shape index (κ1) is 36.2. The van der Waals surface area contributed by atoms with Crippen molar-refractivity contribution in [1.29, 1.82) is 0 Å². The van der Waals surface area contributed by atoms with Crippen LogP contribution in [0.3, 0.4) is 0 Å². The van der Waals surface area contributed by atoms with Gasteiger partial charge in [-0.3, -0.25) is 0 Å². The van der Waals surface area contributed by atoms with Crippen molar-refractivity contribution in [1.82, 2.24) is 9.36 Å². The molecule has 0 fully saturated rings. The Kier molecular flexibility index (Phi) is 78.0. The molecule has 1 heterocycles. The monoisotopic (exact) mass is 632 g/mol. The standard InChI is InChI=1S/C3H3N2S.6Y/c1-3-4-2-5-6-3;;;;;;/h1H3;;;;;;/q-1;;;;;;. The minimum atomic E-state index is 0. The molecule has 2 nitrogen and oxygen atoms in total. The number of hydrogen-bond acceptors (Lipinski definition) is 3. The van der Waals surface area contributed by atoms with E-state index in [0.29, 0.717) is 0 Å². The fraction of sp³-hybridized carbons (Fsp3) is 0.333. The molecule has 0 aromatic carbocycles. The van der Waals surface area contributed by atoms with Crippen LogP contribution in [0.4, 0.5) is 0 Å². The van der Waals surface area contributed by atoms with Crippen LogP contribution >= 0.6 is 11.5 Å². The topological polar surface area (TPSA) is 25.8 Å². The summed E-state index contributed by atoms with van der Waals surface area (Å²) in [6, 6.07) is 0. The SMILES string of the molecule is Cc1n[c-]ns1.[Y].[Y].[Y].[Y].[Y].[Y]. The van der Waals surface area contributed by atoms with Crippen LogP contribution in [-0.4, -0.2) is 9.36 Å². The number of rotatable bonds is 0.